The summed E-state index contributed by atoms with van der Waals surface area (Å²) in [6.45, 7) is 0. The van der Waals surface area contributed by atoms with E-state index < -0.39 is 10.8 Å². The number of thiophene rings is 1. The third kappa shape index (κ3) is 3.81. The van der Waals surface area contributed by atoms with Crippen LogP contribution in [0.3, 0.4) is 0 Å². The molecule has 0 N–H and O–H groups in total. The first-order valence-electron chi connectivity index (χ1n) is 6.37. The zero-order valence-electron chi connectivity index (χ0n) is 11.3. The molecular formula is C15H11ClFNOS3. The molecule has 0 aliphatic rings. The second-order valence-electron chi connectivity index (χ2n) is 4.62. The van der Waals surface area contributed by atoms with Gasteiger partial charge in [0.15, 0.2) is 0 Å². The minimum Gasteiger partial charge on any atom is -0.259 e. The molecule has 1 unspecified atom stereocenters. The van der Waals surface area contributed by atoms with Crippen LogP contribution < -0.4 is 0 Å². The Bertz CT molecular complexity index is 801. The number of aromatic nitrogens is 1. The lowest BCUT2D eigenvalue weighted by Gasteiger charge is -2.03. The Morgan fingerprint density at radius 1 is 1.23 bits per heavy atom. The molecule has 0 bridgehead atoms. The van der Waals surface area contributed by atoms with Crippen LogP contribution in [0.4, 0.5) is 4.39 Å². The van der Waals surface area contributed by atoms with Gasteiger partial charge in [0.2, 0.25) is 0 Å². The van der Waals surface area contributed by atoms with Gasteiger partial charge in [0.05, 0.1) is 17.2 Å². The maximum absolute atomic E-state index is 13.0. The highest BCUT2D eigenvalue weighted by atomic mass is 35.5. The van der Waals surface area contributed by atoms with Crippen LogP contribution in [0.5, 0.6) is 0 Å². The number of benzene rings is 1. The normalized spacial score (nSPS) is 12.5. The molecule has 2 heterocycles. The Morgan fingerprint density at radius 3 is 2.82 bits per heavy atom. The first-order chi connectivity index (χ1) is 10.6. The van der Waals surface area contributed by atoms with Gasteiger partial charge in [-0.05, 0) is 29.1 Å². The molecule has 3 aromatic rings. The number of halogens is 2. The summed E-state index contributed by atoms with van der Waals surface area (Å²) < 4.78 is 25.2. The summed E-state index contributed by atoms with van der Waals surface area (Å²) in [5.74, 6) is 0.276. The maximum Gasteiger partial charge on any atom is 0.124 e. The predicted molar refractivity (Wildman–Crippen MR) is 92.4 cm³/mol. The molecule has 0 amide bonds. The van der Waals surface area contributed by atoms with Crippen LogP contribution in [0, 0.1) is 5.82 Å². The summed E-state index contributed by atoms with van der Waals surface area (Å²) in [7, 11) is -1.13. The summed E-state index contributed by atoms with van der Waals surface area (Å²) in [5, 5.41) is 7.22. The van der Waals surface area contributed by atoms with Crippen molar-refractivity contribution in [3.63, 3.8) is 0 Å². The second kappa shape index (κ2) is 7.00. The monoisotopic (exact) mass is 371 g/mol. The van der Waals surface area contributed by atoms with E-state index in [0.29, 0.717) is 22.1 Å². The average Bonchev–Trinajstić information content (AvgIpc) is 3.12. The molecule has 1 atom stereocenters. The molecule has 0 aliphatic heterocycles. The molecule has 0 saturated heterocycles. The van der Waals surface area contributed by atoms with E-state index in [0.717, 1.165) is 16.3 Å². The van der Waals surface area contributed by atoms with Crippen LogP contribution in [0.15, 0.2) is 40.4 Å². The minimum absolute atomic E-state index is 0.296. The smallest absolute Gasteiger partial charge is 0.124 e. The summed E-state index contributed by atoms with van der Waals surface area (Å²) in [4.78, 5) is 4.51. The van der Waals surface area contributed by atoms with Crippen molar-refractivity contribution < 1.29 is 8.60 Å². The standard InChI is InChI=1S/C15H11ClFNOS3/c16-14-5-12(17)2-1-11(14)8-22(19)9-13-7-21-15(18-13)10-3-4-20-6-10/h1-7H,8-9H2. The fourth-order valence-electron chi connectivity index (χ4n) is 1.92. The SMILES string of the molecule is O=S(Cc1csc(-c2ccsc2)n1)Cc1ccc(F)cc1Cl. The van der Waals surface area contributed by atoms with Crippen molar-refractivity contribution >= 4 is 45.1 Å². The number of thiazole rings is 1. The molecule has 22 heavy (non-hydrogen) atoms. The molecule has 2 nitrogen and oxygen atoms in total. The Kier molecular flexibility index (Phi) is 5.03. The van der Waals surface area contributed by atoms with E-state index in [-0.39, 0.29) is 5.82 Å². The van der Waals surface area contributed by atoms with Crippen molar-refractivity contribution in [2.45, 2.75) is 11.5 Å². The Balaban J connectivity index is 1.67. The molecule has 7 heteroatoms. The zero-order valence-corrected chi connectivity index (χ0v) is 14.5. The Labute approximate surface area is 143 Å². The van der Waals surface area contributed by atoms with Crippen LogP contribution in [0.1, 0.15) is 11.3 Å². The lowest BCUT2D eigenvalue weighted by molar-refractivity contribution is 0.627. The highest BCUT2D eigenvalue weighted by Gasteiger charge is 2.11. The van der Waals surface area contributed by atoms with Crippen LogP contribution >= 0.6 is 34.3 Å². The van der Waals surface area contributed by atoms with Gasteiger partial charge >= 0.3 is 0 Å². The molecular weight excluding hydrogens is 361 g/mol. The maximum atomic E-state index is 13.0. The van der Waals surface area contributed by atoms with Gasteiger partial charge < -0.3 is 0 Å². The van der Waals surface area contributed by atoms with Gasteiger partial charge in [-0.2, -0.15) is 11.3 Å². The van der Waals surface area contributed by atoms with Crippen molar-refractivity contribution in [1.29, 1.82) is 0 Å². The topological polar surface area (TPSA) is 30.0 Å². The van der Waals surface area contributed by atoms with Crippen LogP contribution in [-0.2, 0) is 22.3 Å². The average molecular weight is 372 g/mol. The highest BCUT2D eigenvalue weighted by molar-refractivity contribution is 7.83. The lowest BCUT2D eigenvalue weighted by atomic mass is 10.2. The van der Waals surface area contributed by atoms with E-state index in [2.05, 4.69) is 4.98 Å². The molecule has 0 saturated carbocycles. The predicted octanol–water partition coefficient (Wildman–Crippen LogP) is 5.11. The van der Waals surface area contributed by atoms with E-state index in [9.17, 15) is 8.60 Å². The third-order valence-electron chi connectivity index (χ3n) is 2.96. The summed E-state index contributed by atoms with van der Waals surface area (Å²) in [5.41, 5.74) is 2.59. The number of hydrogen-bond acceptors (Lipinski definition) is 4. The molecule has 3 rings (SSSR count). The molecule has 0 fully saturated rings. The molecule has 1 aromatic carbocycles. The largest absolute Gasteiger partial charge is 0.259 e. The zero-order chi connectivity index (χ0) is 15.5. The summed E-state index contributed by atoms with van der Waals surface area (Å²) in [6, 6.07) is 6.16. The van der Waals surface area contributed by atoms with Gasteiger partial charge in [-0.25, -0.2) is 9.37 Å². The molecule has 0 spiro atoms. The minimum atomic E-state index is -1.13. The van der Waals surface area contributed by atoms with E-state index in [4.69, 9.17) is 11.6 Å². The fourth-order valence-corrected chi connectivity index (χ4v) is 5.05. The van der Waals surface area contributed by atoms with E-state index in [1.165, 1.54) is 12.1 Å². The molecule has 0 aliphatic carbocycles. The second-order valence-corrected chi connectivity index (χ2v) is 8.12. The van der Waals surface area contributed by atoms with E-state index in [1.807, 2.05) is 22.2 Å². The molecule has 114 valence electrons. The Hall–Kier alpha value is -1.08. The van der Waals surface area contributed by atoms with Gasteiger partial charge in [-0.1, -0.05) is 17.7 Å². The van der Waals surface area contributed by atoms with Crippen molar-refractivity contribution in [2.24, 2.45) is 0 Å². The quantitative estimate of drug-likeness (QED) is 0.623. The van der Waals surface area contributed by atoms with Gasteiger partial charge in [0, 0.05) is 32.1 Å². The number of hydrogen-bond donors (Lipinski definition) is 0. The van der Waals surface area contributed by atoms with Crippen molar-refractivity contribution in [3.05, 3.63) is 62.5 Å². The number of nitrogens with zero attached hydrogens (tertiary/aromatic N) is 1. The van der Waals surface area contributed by atoms with Gasteiger partial charge in [-0.3, -0.25) is 4.21 Å². The van der Waals surface area contributed by atoms with Gasteiger partial charge in [-0.15, -0.1) is 11.3 Å². The first-order valence-corrected chi connectivity index (χ1v) is 10.1. The van der Waals surface area contributed by atoms with Crippen LogP contribution in [0.25, 0.3) is 10.6 Å². The van der Waals surface area contributed by atoms with Gasteiger partial charge in [0.1, 0.15) is 10.8 Å². The van der Waals surface area contributed by atoms with Crippen molar-refractivity contribution in [1.82, 2.24) is 4.98 Å². The van der Waals surface area contributed by atoms with Crippen LogP contribution in [0.2, 0.25) is 5.02 Å². The third-order valence-corrected chi connectivity index (χ3v) is 6.19. The molecule has 2 aromatic heterocycles. The van der Waals surface area contributed by atoms with Crippen molar-refractivity contribution in [3.8, 4) is 10.6 Å². The first kappa shape index (κ1) is 15.8. The summed E-state index contributed by atoms with van der Waals surface area (Å²) in [6.07, 6.45) is 0. The number of rotatable bonds is 5. The van der Waals surface area contributed by atoms with Crippen LogP contribution in [-0.4, -0.2) is 9.19 Å². The summed E-state index contributed by atoms with van der Waals surface area (Å²) >= 11 is 9.13. The lowest BCUT2D eigenvalue weighted by Crippen LogP contribution is -2.00. The van der Waals surface area contributed by atoms with Crippen molar-refractivity contribution in [2.75, 3.05) is 0 Å². The molecule has 0 radical (unpaired) electrons. The van der Waals surface area contributed by atoms with E-state index >= 15 is 0 Å². The fraction of sp³-hybridized carbons (Fsp3) is 0.133. The Morgan fingerprint density at radius 2 is 2.09 bits per heavy atom. The van der Waals surface area contributed by atoms with Gasteiger partial charge in [0.25, 0.3) is 0 Å². The highest BCUT2D eigenvalue weighted by Crippen LogP contribution is 2.26. The van der Waals surface area contributed by atoms with E-state index in [1.54, 1.807) is 28.7 Å².